The van der Waals surface area contributed by atoms with Gasteiger partial charge in [-0.3, -0.25) is 0 Å². The van der Waals surface area contributed by atoms with Crippen molar-refractivity contribution in [2.45, 2.75) is 45.4 Å². The first-order valence-electron chi connectivity index (χ1n) is 3.93. The molecule has 0 nitrogen and oxygen atoms in total. The van der Waals surface area contributed by atoms with Crippen molar-refractivity contribution in [3.63, 3.8) is 0 Å². The van der Waals surface area contributed by atoms with Crippen LogP contribution in [0.15, 0.2) is 0 Å². The molecule has 0 atom stereocenters. The summed E-state index contributed by atoms with van der Waals surface area (Å²) >= 11 is 0. The zero-order valence-electron chi connectivity index (χ0n) is 6.53. The molecule has 1 fully saturated rings. The summed E-state index contributed by atoms with van der Waals surface area (Å²) in [6.07, 6.45) is 8.93. The van der Waals surface area contributed by atoms with Crippen LogP contribution in [-0.2, 0) is 0 Å². The molecule has 1 aliphatic carbocycles. The van der Waals surface area contributed by atoms with Crippen LogP contribution in [0.2, 0.25) is 0 Å². The second-order valence-corrected chi connectivity index (χ2v) is 2.91. The van der Waals surface area contributed by atoms with E-state index in [0.29, 0.717) is 0 Å². The van der Waals surface area contributed by atoms with Gasteiger partial charge in [-0.05, 0) is 5.92 Å². The van der Waals surface area contributed by atoms with Crippen molar-refractivity contribution in [1.82, 2.24) is 0 Å². The smallest absolute Gasteiger partial charge is 0 e. The standard InChI is InChI=1S/C8H16.2Ar/c1-2-8-6-4-3-5-7-8;;/h8H,2-7H2,1H3;;. The van der Waals surface area contributed by atoms with Crippen LogP contribution in [0.1, 0.15) is 45.4 Å². The summed E-state index contributed by atoms with van der Waals surface area (Å²) < 4.78 is 0. The largest absolute Gasteiger partial charge is 0.0651 e. The van der Waals surface area contributed by atoms with Crippen molar-refractivity contribution in [2.24, 2.45) is 5.92 Å². The fourth-order valence-corrected chi connectivity index (χ4v) is 1.60. The van der Waals surface area contributed by atoms with Crippen LogP contribution in [0.4, 0.5) is 0 Å². The first kappa shape index (κ1) is 15.0. The molecule has 10 heavy (non-hydrogen) atoms. The van der Waals surface area contributed by atoms with Gasteiger partial charge in [-0.2, -0.15) is 0 Å². The molecule has 0 heterocycles. The van der Waals surface area contributed by atoms with E-state index in [9.17, 15) is 0 Å². The predicted molar refractivity (Wildman–Crippen MR) is 36.9 cm³/mol. The number of hydrogen-bond acceptors (Lipinski definition) is 0. The predicted octanol–water partition coefficient (Wildman–Crippen LogP) is 2.98. The van der Waals surface area contributed by atoms with Crippen LogP contribution in [-0.4, -0.2) is 0 Å². The Bertz CT molecular complexity index is 58.3. The SMILES string of the molecule is CCC1CCCCC1.[Ar].[Ar]. The van der Waals surface area contributed by atoms with Gasteiger partial charge in [0.05, 0.1) is 0 Å². The van der Waals surface area contributed by atoms with Crippen molar-refractivity contribution in [1.29, 1.82) is 0 Å². The van der Waals surface area contributed by atoms with E-state index in [1.54, 1.807) is 0 Å². The Labute approximate surface area is 125 Å². The first-order valence-corrected chi connectivity index (χ1v) is 3.93. The molecule has 1 saturated carbocycles. The normalized spacial score (nSPS) is 18.9. The molecule has 1 aliphatic rings. The summed E-state index contributed by atoms with van der Waals surface area (Å²) in [5.74, 6) is 1.09. The molecule has 0 aromatic heterocycles. The minimum absolute atomic E-state index is 0. The zero-order chi connectivity index (χ0) is 5.82. The molecular formula is C8H16Ar2. The Hall–Kier alpha value is 2.52. The van der Waals surface area contributed by atoms with Gasteiger partial charge < -0.3 is 0 Å². The molecule has 0 aromatic rings. The van der Waals surface area contributed by atoms with Crippen LogP contribution in [0, 0.1) is 81.4 Å². The van der Waals surface area contributed by atoms with Crippen LogP contribution in [0.5, 0.6) is 0 Å². The number of hydrogen-bond donors (Lipinski definition) is 0. The van der Waals surface area contributed by atoms with Crippen molar-refractivity contribution >= 4 is 0 Å². The fraction of sp³-hybridized carbons (Fsp3) is 1.00. The molecule has 0 N–H and O–H groups in total. The van der Waals surface area contributed by atoms with E-state index in [1.807, 2.05) is 0 Å². The van der Waals surface area contributed by atoms with Gasteiger partial charge in [-0.15, -0.1) is 0 Å². The second kappa shape index (κ2) is 9.61. The van der Waals surface area contributed by atoms with E-state index in [2.05, 4.69) is 6.92 Å². The molecule has 0 saturated heterocycles. The van der Waals surface area contributed by atoms with E-state index >= 15 is 0 Å². The average molecular weight is 192 g/mol. The topological polar surface area (TPSA) is 0 Å². The summed E-state index contributed by atoms with van der Waals surface area (Å²) in [4.78, 5) is 0. The summed E-state index contributed by atoms with van der Waals surface area (Å²) in [6, 6.07) is 0. The van der Waals surface area contributed by atoms with Gasteiger partial charge in [0.1, 0.15) is 0 Å². The van der Waals surface area contributed by atoms with Crippen molar-refractivity contribution in [2.75, 3.05) is 0 Å². The van der Waals surface area contributed by atoms with Crippen molar-refractivity contribution < 1.29 is 75.5 Å². The third-order valence-corrected chi connectivity index (χ3v) is 2.30. The molecule has 2 heteroatoms. The van der Waals surface area contributed by atoms with Crippen LogP contribution >= 0.6 is 0 Å². The zero-order valence-corrected chi connectivity index (χ0v) is 7.94. The van der Waals surface area contributed by atoms with Gasteiger partial charge in [0.2, 0.25) is 0 Å². The van der Waals surface area contributed by atoms with E-state index < -0.39 is 0 Å². The molecule has 0 amide bonds. The molecular weight excluding hydrogens is 176 g/mol. The van der Waals surface area contributed by atoms with Gasteiger partial charge in [0.15, 0.2) is 0 Å². The fourth-order valence-electron chi connectivity index (χ4n) is 1.60. The second-order valence-electron chi connectivity index (χ2n) is 2.91. The Kier molecular flexibility index (Phi) is 14.4. The summed E-state index contributed by atoms with van der Waals surface area (Å²) in [5, 5.41) is 0. The van der Waals surface area contributed by atoms with E-state index in [1.165, 1.54) is 38.5 Å². The van der Waals surface area contributed by atoms with E-state index in [-0.39, 0.29) is 75.5 Å². The van der Waals surface area contributed by atoms with Crippen LogP contribution < -0.4 is 0 Å². The van der Waals surface area contributed by atoms with E-state index in [0.717, 1.165) is 5.92 Å². The summed E-state index contributed by atoms with van der Waals surface area (Å²) in [7, 11) is 0. The molecule has 1 rings (SSSR count). The van der Waals surface area contributed by atoms with Crippen LogP contribution in [0.3, 0.4) is 0 Å². The number of rotatable bonds is 1. The molecule has 0 radical (unpaired) electrons. The third kappa shape index (κ3) is 6.08. The molecule has 0 unspecified atom stereocenters. The molecule has 0 bridgehead atoms. The molecule has 0 spiro atoms. The third-order valence-electron chi connectivity index (χ3n) is 2.30. The van der Waals surface area contributed by atoms with Crippen molar-refractivity contribution in [3.05, 3.63) is 0 Å². The van der Waals surface area contributed by atoms with Crippen LogP contribution in [0.25, 0.3) is 0 Å². The van der Waals surface area contributed by atoms with Crippen molar-refractivity contribution in [3.8, 4) is 0 Å². The first-order chi connectivity index (χ1) is 3.93. The minimum Gasteiger partial charge on any atom is -0.0651 e. The van der Waals surface area contributed by atoms with Gasteiger partial charge in [-0.1, -0.05) is 45.4 Å². The Morgan fingerprint density at radius 3 is 1.80 bits per heavy atom. The van der Waals surface area contributed by atoms with Gasteiger partial charge in [0.25, 0.3) is 0 Å². The maximum absolute atomic E-state index is 2.32. The minimum atomic E-state index is 0. The van der Waals surface area contributed by atoms with Gasteiger partial charge >= 0.3 is 0 Å². The maximum Gasteiger partial charge on any atom is 0 e. The quantitative estimate of drug-likeness (QED) is 0.599. The Balaban J connectivity index is 0. The molecule has 0 aromatic carbocycles. The summed E-state index contributed by atoms with van der Waals surface area (Å²) in [6.45, 7) is 2.32. The Morgan fingerprint density at radius 2 is 1.50 bits per heavy atom. The average Bonchev–Trinajstić information content (AvgIpc) is 1.90. The van der Waals surface area contributed by atoms with Gasteiger partial charge in [-0.25, -0.2) is 0 Å². The summed E-state index contributed by atoms with van der Waals surface area (Å²) in [5.41, 5.74) is 0. The maximum atomic E-state index is 2.32. The molecule has 0 aliphatic heterocycles. The van der Waals surface area contributed by atoms with E-state index in [4.69, 9.17) is 0 Å². The Morgan fingerprint density at radius 1 is 1.00 bits per heavy atom. The monoisotopic (exact) mass is 192 g/mol. The molecule has 64 valence electrons. The van der Waals surface area contributed by atoms with Gasteiger partial charge in [0, 0.05) is 75.5 Å².